The predicted octanol–water partition coefficient (Wildman–Crippen LogP) is 2.35. The molecule has 0 saturated carbocycles. The van der Waals surface area contributed by atoms with E-state index in [1.54, 1.807) is 48.5 Å². The van der Waals surface area contributed by atoms with E-state index in [0.29, 0.717) is 35.5 Å². The van der Waals surface area contributed by atoms with Gasteiger partial charge in [-0.2, -0.15) is 0 Å². The molecule has 1 aliphatic rings. The van der Waals surface area contributed by atoms with Crippen molar-refractivity contribution < 1.29 is 23.8 Å². The highest BCUT2D eigenvalue weighted by molar-refractivity contribution is 6.32. The number of carbonyl (C=O) groups excluding carboxylic acids is 2. The molecule has 2 aromatic rings. The van der Waals surface area contributed by atoms with Crippen molar-refractivity contribution in [2.24, 2.45) is 0 Å². The van der Waals surface area contributed by atoms with Crippen molar-refractivity contribution in [3.8, 4) is 17.2 Å². The quantitative estimate of drug-likeness (QED) is 0.606. The van der Waals surface area contributed by atoms with Crippen LogP contribution >= 0.6 is 11.6 Å². The summed E-state index contributed by atoms with van der Waals surface area (Å²) in [5, 5.41) is 0.400. The Kier molecular flexibility index (Phi) is 6.17. The van der Waals surface area contributed by atoms with Crippen molar-refractivity contribution in [3.63, 3.8) is 0 Å². The lowest BCUT2D eigenvalue weighted by molar-refractivity contribution is -0.128. The molecule has 2 N–H and O–H groups in total. The van der Waals surface area contributed by atoms with Gasteiger partial charge in [-0.05, 0) is 35.9 Å². The first-order valence-electron chi connectivity index (χ1n) is 8.16. The van der Waals surface area contributed by atoms with Crippen LogP contribution in [-0.2, 0) is 9.59 Å². The number of halogens is 1. The number of carbonyl (C=O) groups is 2. The molecule has 0 aliphatic carbocycles. The monoisotopic (exact) mass is 388 g/mol. The van der Waals surface area contributed by atoms with Crippen LogP contribution in [0.5, 0.6) is 17.2 Å². The number of amides is 2. The molecule has 0 unspecified atom stereocenters. The van der Waals surface area contributed by atoms with Crippen molar-refractivity contribution in [1.82, 2.24) is 10.9 Å². The fraction of sp³-hybridized carbons (Fsp3) is 0.158. The molecular formula is C19H17ClN2O5. The molecule has 1 heterocycles. The van der Waals surface area contributed by atoms with Crippen molar-refractivity contribution in [3.05, 3.63) is 59.1 Å². The number of rotatable bonds is 5. The number of benzene rings is 2. The zero-order chi connectivity index (χ0) is 19.1. The number of para-hydroxylation sites is 1. The van der Waals surface area contributed by atoms with Crippen molar-refractivity contribution in [2.75, 3.05) is 19.8 Å². The molecule has 0 bridgehead atoms. The fourth-order valence-electron chi connectivity index (χ4n) is 2.25. The predicted molar refractivity (Wildman–Crippen MR) is 99.7 cm³/mol. The summed E-state index contributed by atoms with van der Waals surface area (Å²) in [6.07, 6.45) is 2.89. The summed E-state index contributed by atoms with van der Waals surface area (Å²) in [5.41, 5.74) is 5.29. The zero-order valence-corrected chi connectivity index (χ0v) is 15.0. The van der Waals surface area contributed by atoms with Crippen LogP contribution in [0.2, 0.25) is 5.02 Å². The molecule has 0 radical (unpaired) electrons. The van der Waals surface area contributed by atoms with E-state index < -0.39 is 11.8 Å². The highest BCUT2D eigenvalue weighted by Gasteiger charge is 2.11. The highest BCUT2D eigenvalue weighted by atomic mass is 35.5. The zero-order valence-electron chi connectivity index (χ0n) is 14.2. The molecule has 3 rings (SSSR count). The SMILES string of the molecule is O=C(/C=C/c1ccc2c(c1)OCCO2)NNC(=O)COc1ccccc1Cl. The van der Waals surface area contributed by atoms with Gasteiger partial charge in [-0.1, -0.05) is 29.8 Å². The number of fused-ring (bicyclic) bond motifs is 1. The maximum atomic E-state index is 11.8. The van der Waals surface area contributed by atoms with Gasteiger partial charge in [0.05, 0.1) is 5.02 Å². The normalized spacial score (nSPS) is 12.5. The second-order valence-corrected chi connectivity index (χ2v) is 5.90. The van der Waals surface area contributed by atoms with E-state index in [2.05, 4.69) is 10.9 Å². The third-order valence-corrected chi connectivity index (χ3v) is 3.83. The molecular weight excluding hydrogens is 372 g/mol. The lowest BCUT2D eigenvalue weighted by Gasteiger charge is -2.18. The molecule has 0 aromatic heterocycles. The molecule has 1 aliphatic heterocycles. The molecule has 7 nitrogen and oxygen atoms in total. The Morgan fingerprint density at radius 1 is 1.07 bits per heavy atom. The number of hydrazine groups is 1. The van der Waals surface area contributed by atoms with Crippen LogP contribution in [0.3, 0.4) is 0 Å². The summed E-state index contributed by atoms with van der Waals surface area (Å²) in [6, 6.07) is 12.1. The van der Waals surface area contributed by atoms with Crippen molar-refractivity contribution >= 4 is 29.5 Å². The minimum absolute atomic E-state index is 0.282. The maximum absolute atomic E-state index is 11.8. The summed E-state index contributed by atoms with van der Waals surface area (Å²) in [4.78, 5) is 23.5. The average Bonchev–Trinajstić information content (AvgIpc) is 2.70. The van der Waals surface area contributed by atoms with Crippen LogP contribution in [0.1, 0.15) is 5.56 Å². The number of hydrogen-bond acceptors (Lipinski definition) is 5. The number of ether oxygens (including phenoxy) is 3. The Balaban J connectivity index is 1.44. The van der Waals surface area contributed by atoms with E-state index in [0.717, 1.165) is 5.56 Å². The molecule has 27 heavy (non-hydrogen) atoms. The van der Waals surface area contributed by atoms with Gasteiger partial charge in [0.25, 0.3) is 11.8 Å². The Bertz CT molecular complexity index is 869. The van der Waals surface area contributed by atoms with Gasteiger partial charge in [-0.3, -0.25) is 20.4 Å². The number of nitrogens with one attached hydrogen (secondary N) is 2. The first kappa shape index (κ1) is 18.6. The minimum Gasteiger partial charge on any atom is -0.486 e. The Hall–Kier alpha value is -3.19. The minimum atomic E-state index is -0.518. The van der Waals surface area contributed by atoms with E-state index in [1.165, 1.54) is 6.08 Å². The molecule has 8 heteroatoms. The Morgan fingerprint density at radius 3 is 2.67 bits per heavy atom. The van der Waals surface area contributed by atoms with Crippen molar-refractivity contribution in [1.29, 1.82) is 0 Å². The lowest BCUT2D eigenvalue weighted by atomic mass is 10.2. The van der Waals surface area contributed by atoms with Gasteiger partial charge in [-0.15, -0.1) is 0 Å². The van der Waals surface area contributed by atoms with Gasteiger partial charge in [-0.25, -0.2) is 0 Å². The van der Waals surface area contributed by atoms with Gasteiger partial charge in [0.2, 0.25) is 0 Å². The van der Waals surface area contributed by atoms with E-state index in [9.17, 15) is 9.59 Å². The maximum Gasteiger partial charge on any atom is 0.276 e. The first-order valence-corrected chi connectivity index (χ1v) is 8.53. The van der Waals surface area contributed by atoms with Crippen LogP contribution in [0, 0.1) is 0 Å². The Labute approximate surface area is 160 Å². The smallest absolute Gasteiger partial charge is 0.276 e. The highest BCUT2D eigenvalue weighted by Crippen LogP contribution is 2.31. The van der Waals surface area contributed by atoms with Crippen LogP contribution in [0.15, 0.2) is 48.5 Å². The number of hydrogen-bond donors (Lipinski definition) is 2. The third-order valence-electron chi connectivity index (χ3n) is 3.51. The van der Waals surface area contributed by atoms with Gasteiger partial charge < -0.3 is 14.2 Å². The van der Waals surface area contributed by atoms with Gasteiger partial charge in [0.1, 0.15) is 19.0 Å². The first-order chi connectivity index (χ1) is 13.1. The van der Waals surface area contributed by atoms with Crippen LogP contribution in [-0.4, -0.2) is 31.6 Å². The molecule has 0 spiro atoms. The van der Waals surface area contributed by atoms with Crippen LogP contribution < -0.4 is 25.1 Å². The van der Waals surface area contributed by atoms with Gasteiger partial charge in [0.15, 0.2) is 18.1 Å². The lowest BCUT2D eigenvalue weighted by Crippen LogP contribution is -2.43. The second-order valence-electron chi connectivity index (χ2n) is 5.49. The largest absolute Gasteiger partial charge is 0.486 e. The Morgan fingerprint density at radius 2 is 1.85 bits per heavy atom. The second kappa shape index (κ2) is 8.95. The average molecular weight is 389 g/mol. The van der Waals surface area contributed by atoms with E-state index in [4.69, 9.17) is 25.8 Å². The summed E-state index contributed by atoms with van der Waals surface area (Å²) >= 11 is 5.93. The molecule has 2 aromatic carbocycles. The molecule has 0 atom stereocenters. The van der Waals surface area contributed by atoms with E-state index in [1.807, 2.05) is 0 Å². The fourth-order valence-corrected chi connectivity index (χ4v) is 2.44. The summed E-state index contributed by atoms with van der Waals surface area (Å²) in [5.74, 6) is 0.689. The van der Waals surface area contributed by atoms with Crippen LogP contribution in [0.25, 0.3) is 6.08 Å². The van der Waals surface area contributed by atoms with E-state index >= 15 is 0 Å². The standard InChI is InChI=1S/C19H17ClN2O5/c20-14-3-1-2-4-15(14)27-12-19(24)22-21-18(23)8-6-13-5-7-16-17(11-13)26-10-9-25-16/h1-8,11H,9-10,12H2,(H,21,23)(H,22,24)/b8-6+. The van der Waals surface area contributed by atoms with Crippen LogP contribution in [0.4, 0.5) is 0 Å². The van der Waals surface area contributed by atoms with Gasteiger partial charge >= 0.3 is 0 Å². The molecule has 140 valence electrons. The molecule has 0 fully saturated rings. The molecule has 0 saturated heterocycles. The van der Waals surface area contributed by atoms with Crippen molar-refractivity contribution in [2.45, 2.75) is 0 Å². The summed E-state index contributed by atoms with van der Waals surface area (Å²) in [7, 11) is 0. The summed E-state index contributed by atoms with van der Waals surface area (Å²) in [6.45, 7) is 0.726. The summed E-state index contributed by atoms with van der Waals surface area (Å²) < 4.78 is 16.2. The topological polar surface area (TPSA) is 85.9 Å². The third kappa shape index (κ3) is 5.39. The van der Waals surface area contributed by atoms with E-state index in [-0.39, 0.29) is 6.61 Å². The molecule has 2 amide bonds. The van der Waals surface area contributed by atoms with Gasteiger partial charge in [0, 0.05) is 6.08 Å².